The summed E-state index contributed by atoms with van der Waals surface area (Å²) in [5.74, 6) is 0.647. The van der Waals surface area contributed by atoms with Gasteiger partial charge in [0.1, 0.15) is 5.82 Å². The first-order valence-corrected chi connectivity index (χ1v) is 11.7. The number of aliphatic hydroxyl groups excluding tert-OH is 1. The molecule has 0 bridgehead atoms. The number of carbonyl (C=O) groups excluding carboxylic acids is 1. The quantitative estimate of drug-likeness (QED) is 0.396. The van der Waals surface area contributed by atoms with Gasteiger partial charge in [-0.05, 0) is 37.3 Å². The van der Waals surface area contributed by atoms with Crippen LogP contribution in [0, 0.1) is 0 Å². The fourth-order valence-electron chi connectivity index (χ4n) is 2.67. The van der Waals surface area contributed by atoms with E-state index < -0.39 is 15.9 Å². The van der Waals surface area contributed by atoms with Crippen molar-refractivity contribution in [3.8, 4) is 11.4 Å². The molecule has 0 fully saturated rings. The largest absolute Gasteiger partial charge is 0.394 e. The lowest BCUT2D eigenvalue weighted by Gasteiger charge is -2.14. The molecule has 11 nitrogen and oxygen atoms in total. The highest BCUT2D eigenvalue weighted by atomic mass is 32.2. The summed E-state index contributed by atoms with van der Waals surface area (Å²) in [6.07, 6.45) is 4.16. The Kier molecular flexibility index (Phi) is 7.28. The number of hydrogen-bond donors (Lipinski definition) is 4. The van der Waals surface area contributed by atoms with Crippen LogP contribution < -0.4 is 16.0 Å². The maximum absolute atomic E-state index is 12.1. The van der Waals surface area contributed by atoms with Crippen molar-refractivity contribution in [2.75, 3.05) is 28.8 Å². The van der Waals surface area contributed by atoms with Crippen LogP contribution in [-0.4, -0.2) is 58.4 Å². The lowest BCUT2D eigenvalue weighted by atomic mass is 10.2. The van der Waals surface area contributed by atoms with E-state index in [1.807, 2.05) is 0 Å². The second kappa shape index (κ2) is 10.1. The predicted molar refractivity (Wildman–Crippen MR) is 121 cm³/mol. The minimum atomic E-state index is -3.31. The third-order valence-electron chi connectivity index (χ3n) is 4.05. The van der Waals surface area contributed by atoms with Gasteiger partial charge in [-0.1, -0.05) is 0 Å². The van der Waals surface area contributed by atoms with Gasteiger partial charge in [0.2, 0.25) is 5.95 Å². The number of nitrogens with one attached hydrogen (secondary N) is 3. The molecule has 1 aromatic carbocycles. The summed E-state index contributed by atoms with van der Waals surface area (Å²) >= 11 is 0. The van der Waals surface area contributed by atoms with Gasteiger partial charge < -0.3 is 15.7 Å². The summed E-state index contributed by atoms with van der Waals surface area (Å²) in [5, 5.41) is 17.5. The van der Waals surface area contributed by atoms with Crippen molar-refractivity contribution in [1.29, 1.82) is 0 Å². The Bertz CT molecular complexity index is 1170. The van der Waals surface area contributed by atoms with E-state index in [1.165, 1.54) is 12.4 Å². The summed E-state index contributed by atoms with van der Waals surface area (Å²) < 4.78 is 23.5. The molecule has 0 radical (unpaired) electrons. The lowest BCUT2D eigenvalue weighted by molar-refractivity contribution is 0.262. The fourth-order valence-corrected chi connectivity index (χ4v) is 3.36. The molecule has 0 saturated carbocycles. The number of anilines is 3. The Balaban J connectivity index is 1.79. The highest BCUT2D eigenvalue weighted by Crippen LogP contribution is 2.21. The number of sulfone groups is 1. The van der Waals surface area contributed by atoms with E-state index in [2.05, 4.69) is 35.9 Å². The maximum Gasteiger partial charge on any atom is 0.326 e. The summed E-state index contributed by atoms with van der Waals surface area (Å²) in [4.78, 5) is 28.7. The van der Waals surface area contributed by atoms with Crippen molar-refractivity contribution in [2.24, 2.45) is 0 Å². The Morgan fingerprint density at radius 2 is 1.78 bits per heavy atom. The monoisotopic (exact) mass is 457 g/mol. The second-order valence-corrected chi connectivity index (χ2v) is 9.24. The molecule has 2 heterocycles. The first kappa shape index (κ1) is 23.0. The smallest absolute Gasteiger partial charge is 0.326 e. The van der Waals surface area contributed by atoms with Crippen LogP contribution in [-0.2, 0) is 15.6 Å². The first-order chi connectivity index (χ1) is 15.2. The van der Waals surface area contributed by atoms with E-state index in [4.69, 9.17) is 0 Å². The molecular weight excluding hydrogens is 434 g/mol. The van der Waals surface area contributed by atoms with Crippen LogP contribution in [0.5, 0.6) is 0 Å². The van der Waals surface area contributed by atoms with Gasteiger partial charge in [-0.2, -0.15) is 0 Å². The van der Waals surface area contributed by atoms with E-state index in [9.17, 15) is 18.3 Å². The van der Waals surface area contributed by atoms with Gasteiger partial charge in [0.15, 0.2) is 15.7 Å². The molecule has 12 heteroatoms. The van der Waals surface area contributed by atoms with Crippen LogP contribution in [0.25, 0.3) is 11.4 Å². The van der Waals surface area contributed by atoms with Gasteiger partial charge in [0, 0.05) is 42.0 Å². The summed E-state index contributed by atoms with van der Waals surface area (Å²) in [6, 6.07) is 9.14. The third-order valence-corrected chi connectivity index (χ3v) is 4.87. The van der Waals surface area contributed by atoms with Crippen LogP contribution in [0.2, 0.25) is 0 Å². The summed E-state index contributed by atoms with van der Waals surface area (Å²) in [6.45, 7) is 1.65. The van der Waals surface area contributed by atoms with Crippen LogP contribution in [0.4, 0.5) is 22.2 Å². The molecule has 0 unspecified atom stereocenters. The minimum absolute atomic E-state index is 0.114. The van der Waals surface area contributed by atoms with E-state index in [1.54, 1.807) is 43.3 Å². The van der Waals surface area contributed by atoms with Crippen molar-refractivity contribution < 1.29 is 18.3 Å². The zero-order valence-electron chi connectivity index (χ0n) is 17.5. The Hall–Kier alpha value is -3.64. The van der Waals surface area contributed by atoms with Crippen LogP contribution >= 0.6 is 0 Å². The van der Waals surface area contributed by atoms with E-state index in [0.717, 1.165) is 6.26 Å². The number of aliphatic hydroxyl groups is 1. The fraction of sp³-hybridized carbons (Fsp3) is 0.250. The van der Waals surface area contributed by atoms with Crippen LogP contribution in [0.3, 0.4) is 0 Å². The number of hydrogen-bond acceptors (Lipinski definition) is 9. The average Bonchev–Trinajstić information content (AvgIpc) is 2.73. The van der Waals surface area contributed by atoms with Crippen LogP contribution in [0.15, 0.2) is 48.8 Å². The highest BCUT2D eigenvalue weighted by Gasteiger charge is 2.13. The number of nitrogens with zero attached hydrogens (tertiary/aromatic N) is 4. The van der Waals surface area contributed by atoms with Gasteiger partial charge in [-0.15, -0.1) is 0 Å². The molecule has 2 aromatic heterocycles. The zero-order valence-corrected chi connectivity index (χ0v) is 18.3. The molecule has 3 aromatic rings. The molecule has 3 rings (SSSR count). The highest BCUT2D eigenvalue weighted by molar-refractivity contribution is 7.89. The number of rotatable bonds is 8. The number of urea groups is 1. The SMILES string of the molecule is C[C@@H](CO)Nc1cc(CS(C)(=O)=O)nc(-c2ccc(NC(=O)Nc3ncccn3)cc2)n1. The Morgan fingerprint density at radius 3 is 2.41 bits per heavy atom. The Labute approximate surface area is 185 Å². The molecule has 32 heavy (non-hydrogen) atoms. The van der Waals surface area contributed by atoms with Crippen molar-refractivity contribution in [3.63, 3.8) is 0 Å². The van der Waals surface area contributed by atoms with Crippen molar-refractivity contribution >= 4 is 33.3 Å². The van der Waals surface area contributed by atoms with Crippen molar-refractivity contribution in [1.82, 2.24) is 19.9 Å². The van der Waals surface area contributed by atoms with Gasteiger partial charge in [-0.25, -0.2) is 33.1 Å². The maximum atomic E-state index is 12.1. The molecule has 1 atom stereocenters. The predicted octanol–water partition coefficient (Wildman–Crippen LogP) is 1.91. The molecule has 0 aliphatic rings. The zero-order chi connectivity index (χ0) is 23.1. The number of aromatic nitrogens is 4. The first-order valence-electron chi connectivity index (χ1n) is 9.60. The lowest BCUT2D eigenvalue weighted by Crippen LogP contribution is -2.21. The van der Waals surface area contributed by atoms with E-state index in [-0.39, 0.29) is 24.3 Å². The van der Waals surface area contributed by atoms with Gasteiger partial charge in [0.25, 0.3) is 0 Å². The minimum Gasteiger partial charge on any atom is -0.394 e. The molecule has 4 N–H and O–H groups in total. The third kappa shape index (κ3) is 6.96. The van der Waals surface area contributed by atoms with E-state index in [0.29, 0.717) is 28.6 Å². The van der Waals surface area contributed by atoms with Crippen LogP contribution in [0.1, 0.15) is 12.6 Å². The van der Waals surface area contributed by atoms with Crippen molar-refractivity contribution in [3.05, 3.63) is 54.5 Å². The number of amides is 2. The number of carbonyl (C=O) groups is 1. The Morgan fingerprint density at radius 1 is 1.09 bits per heavy atom. The van der Waals surface area contributed by atoms with E-state index >= 15 is 0 Å². The van der Waals surface area contributed by atoms with Gasteiger partial charge >= 0.3 is 6.03 Å². The summed E-state index contributed by atoms with van der Waals surface area (Å²) in [5.41, 5.74) is 1.47. The molecular formula is C20H23N7O4S. The summed E-state index contributed by atoms with van der Waals surface area (Å²) in [7, 11) is -3.31. The standard InChI is InChI=1S/C20H23N7O4S/c1-13(11-28)23-17-10-16(12-32(2,30)31)24-18(26-17)14-4-6-15(7-5-14)25-20(29)27-19-21-8-3-9-22-19/h3-10,13,28H,11-12H2,1-2H3,(H,23,24,26)(H2,21,22,25,27,29)/t13-/m0/s1. The second-order valence-electron chi connectivity index (χ2n) is 7.10. The number of benzene rings is 1. The molecule has 0 saturated heterocycles. The molecule has 0 spiro atoms. The topological polar surface area (TPSA) is 159 Å². The molecule has 2 amide bonds. The average molecular weight is 458 g/mol. The molecule has 168 valence electrons. The molecule has 0 aliphatic heterocycles. The van der Waals surface area contributed by atoms with Crippen molar-refractivity contribution in [2.45, 2.75) is 18.7 Å². The van der Waals surface area contributed by atoms with Gasteiger partial charge in [0.05, 0.1) is 18.1 Å². The normalized spacial score (nSPS) is 12.1. The van der Waals surface area contributed by atoms with Gasteiger partial charge in [-0.3, -0.25) is 5.32 Å². The molecule has 0 aliphatic carbocycles.